The number of carbonyl (C=O) groups is 2. The summed E-state index contributed by atoms with van der Waals surface area (Å²) in [5, 5.41) is 8.44. The van der Waals surface area contributed by atoms with E-state index < -0.39 is 11.9 Å². The summed E-state index contributed by atoms with van der Waals surface area (Å²) < 4.78 is 4.88. The highest BCUT2D eigenvalue weighted by Gasteiger charge is 2.64. The van der Waals surface area contributed by atoms with Crippen LogP contribution in [0.5, 0.6) is 0 Å². The second-order valence-electron chi connectivity index (χ2n) is 2.63. The Morgan fingerprint density at radius 2 is 2.40 bits per heavy atom. The topological polar surface area (TPSA) is 63.6 Å². The van der Waals surface area contributed by atoms with Crippen LogP contribution >= 0.6 is 0 Å². The molecule has 1 saturated carbocycles. The van der Waals surface area contributed by atoms with Gasteiger partial charge in [0.2, 0.25) is 0 Å². The minimum Gasteiger partial charge on any atom is -0.481 e. The van der Waals surface area contributed by atoms with Crippen LogP contribution in [-0.2, 0) is 14.3 Å². The Balaban J connectivity index is 2.12. The first-order chi connectivity index (χ1) is 4.72. The molecule has 4 nitrogen and oxygen atoms in total. The van der Waals surface area contributed by atoms with Crippen molar-refractivity contribution in [2.75, 3.05) is 6.61 Å². The Morgan fingerprint density at radius 1 is 1.70 bits per heavy atom. The summed E-state index contributed by atoms with van der Waals surface area (Å²) >= 11 is 0. The number of aliphatic carboxylic acids is 1. The van der Waals surface area contributed by atoms with Gasteiger partial charge in [0.1, 0.15) is 6.61 Å². The van der Waals surface area contributed by atoms with E-state index in [1.807, 2.05) is 0 Å². The fourth-order valence-electron chi connectivity index (χ4n) is 1.44. The van der Waals surface area contributed by atoms with Crippen LogP contribution < -0.4 is 0 Å². The van der Waals surface area contributed by atoms with E-state index in [0.717, 1.165) is 0 Å². The lowest BCUT2D eigenvalue weighted by molar-refractivity contribution is -0.142. The molecule has 4 heteroatoms. The summed E-state index contributed by atoms with van der Waals surface area (Å²) in [6, 6.07) is 0. The summed E-state index contributed by atoms with van der Waals surface area (Å²) in [4.78, 5) is 21.0. The van der Waals surface area contributed by atoms with Gasteiger partial charge in [0.05, 0.1) is 17.9 Å². The van der Waals surface area contributed by atoms with Gasteiger partial charge in [0.15, 0.2) is 5.78 Å². The number of ether oxygens (including phenoxy) is 1. The van der Waals surface area contributed by atoms with E-state index in [9.17, 15) is 9.59 Å². The Hall–Kier alpha value is -0.900. The van der Waals surface area contributed by atoms with Crippen LogP contribution in [0.1, 0.15) is 0 Å². The lowest BCUT2D eigenvalue weighted by Gasteiger charge is -1.94. The predicted octanol–water partition coefficient (Wildman–Crippen LogP) is -0.715. The molecule has 54 valence electrons. The summed E-state index contributed by atoms with van der Waals surface area (Å²) in [5.74, 6) is -1.83. The molecule has 2 fully saturated rings. The summed E-state index contributed by atoms with van der Waals surface area (Å²) in [6.45, 7) is 0.110. The number of carboxylic acid groups (broad SMARTS) is 1. The van der Waals surface area contributed by atoms with Crippen LogP contribution in [0.3, 0.4) is 0 Å². The van der Waals surface area contributed by atoms with E-state index in [2.05, 4.69) is 0 Å². The van der Waals surface area contributed by atoms with Crippen molar-refractivity contribution in [2.45, 2.75) is 6.10 Å². The van der Waals surface area contributed by atoms with Gasteiger partial charge in [-0.05, 0) is 0 Å². The Morgan fingerprint density at radius 3 is 2.70 bits per heavy atom. The quantitative estimate of drug-likeness (QED) is 0.525. The van der Waals surface area contributed by atoms with Crippen LogP contribution in [0.15, 0.2) is 0 Å². The molecule has 0 bridgehead atoms. The van der Waals surface area contributed by atoms with E-state index in [-0.39, 0.29) is 24.4 Å². The van der Waals surface area contributed by atoms with Crippen molar-refractivity contribution in [3.8, 4) is 0 Å². The zero-order chi connectivity index (χ0) is 7.30. The second-order valence-corrected chi connectivity index (χ2v) is 2.63. The third-order valence-electron chi connectivity index (χ3n) is 2.03. The molecule has 2 rings (SSSR count). The molecular weight excluding hydrogens is 136 g/mol. The Bertz CT molecular complexity index is 206. The number of hydrogen-bond acceptors (Lipinski definition) is 3. The fraction of sp³-hybridized carbons (Fsp3) is 0.667. The van der Waals surface area contributed by atoms with Crippen LogP contribution in [0.2, 0.25) is 0 Å². The lowest BCUT2D eigenvalue weighted by Crippen LogP contribution is -2.13. The van der Waals surface area contributed by atoms with Gasteiger partial charge in [-0.15, -0.1) is 0 Å². The third-order valence-corrected chi connectivity index (χ3v) is 2.03. The van der Waals surface area contributed by atoms with Gasteiger partial charge >= 0.3 is 5.97 Å². The van der Waals surface area contributed by atoms with Gasteiger partial charge in [-0.3, -0.25) is 9.59 Å². The first-order valence-electron chi connectivity index (χ1n) is 3.09. The maximum absolute atomic E-state index is 10.7. The van der Waals surface area contributed by atoms with E-state index in [1.54, 1.807) is 0 Å². The van der Waals surface area contributed by atoms with Crippen molar-refractivity contribution in [3.05, 3.63) is 0 Å². The summed E-state index contributed by atoms with van der Waals surface area (Å²) in [6.07, 6.45) is -0.301. The molecule has 0 amide bonds. The number of fused-ring (bicyclic) bond motifs is 1. The second kappa shape index (κ2) is 1.58. The predicted molar refractivity (Wildman–Crippen MR) is 29.4 cm³/mol. The van der Waals surface area contributed by atoms with Gasteiger partial charge in [-0.1, -0.05) is 0 Å². The number of carbonyl (C=O) groups excluding carboxylic acids is 1. The zero-order valence-electron chi connectivity index (χ0n) is 5.11. The number of ketones is 1. The van der Waals surface area contributed by atoms with Gasteiger partial charge < -0.3 is 9.84 Å². The first kappa shape index (κ1) is 5.85. The highest BCUT2D eigenvalue weighted by atomic mass is 16.5. The normalized spacial score (nSPS) is 43.2. The van der Waals surface area contributed by atoms with Crippen molar-refractivity contribution in [1.29, 1.82) is 0 Å². The smallest absolute Gasteiger partial charge is 0.310 e. The Labute approximate surface area is 56.8 Å². The summed E-state index contributed by atoms with van der Waals surface area (Å²) in [5.41, 5.74) is 0. The molecular formula is C6H6O4. The minimum absolute atomic E-state index is 0.0580. The number of Topliss-reactive ketones (excluding diaryl/α,β-unsaturated/α-hetero) is 1. The average molecular weight is 142 g/mol. The first-order valence-corrected chi connectivity index (χ1v) is 3.09. The minimum atomic E-state index is -0.914. The molecule has 1 aliphatic carbocycles. The summed E-state index contributed by atoms with van der Waals surface area (Å²) in [7, 11) is 0. The van der Waals surface area contributed by atoms with Crippen molar-refractivity contribution in [1.82, 2.24) is 0 Å². The molecule has 0 spiro atoms. The van der Waals surface area contributed by atoms with E-state index >= 15 is 0 Å². The van der Waals surface area contributed by atoms with E-state index in [1.165, 1.54) is 0 Å². The zero-order valence-corrected chi connectivity index (χ0v) is 5.11. The van der Waals surface area contributed by atoms with Crippen LogP contribution in [-0.4, -0.2) is 29.6 Å². The fourth-order valence-corrected chi connectivity index (χ4v) is 1.44. The third kappa shape index (κ3) is 0.541. The highest BCUT2D eigenvalue weighted by molar-refractivity contribution is 5.95. The van der Waals surface area contributed by atoms with Crippen molar-refractivity contribution in [2.24, 2.45) is 11.8 Å². The molecule has 2 aliphatic rings. The molecule has 1 N–H and O–H groups in total. The average Bonchev–Trinajstić information content (AvgIpc) is 2.48. The van der Waals surface area contributed by atoms with Crippen molar-refractivity contribution in [3.63, 3.8) is 0 Å². The van der Waals surface area contributed by atoms with Gasteiger partial charge in [0.25, 0.3) is 0 Å². The molecule has 0 aromatic heterocycles. The van der Waals surface area contributed by atoms with Gasteiger partial charge in [-0.2, -0.15) is 0 Å². The van der Waals surface area contributed by atoms with Crippen LogP contribution in [0.25, 0.3) is 0 Å². The molecule has 1 aliphatic heterocycles. The highest BCUT2D eigenvalue weighted by Crippen LogP contribution is 2.46. The molecule has 1 saturated heterocycles. The van der Waals surface area contributed by atoms with Crippen molar-refractivity contribution >= 4 is 11.8 Å². The maximum atomic E-state index is 10.7. The van der Waals surface area contributed by atoms with E-state index in [4.69, 9.17) is 9.84 Å². The molecule has 10 heavy (non-hydrogen) atoms. The number of rotatable bonds is 1. The van der Waals surface area contributed by atoms with Crippen molar-refractivity contribution < 1.29 is 19.4 Å². The van der Waals surface area contributed by atoms with Gasteiger partial charge in [0, 0.05) is 0 Å². The van der Waals surface area contributed by atoms with Crippen LogP contribution in [0, 0.1) is 11.8 Å². The number of carboxylic acids is 1. The Kier molecular flexibility index (Phi) is 0.922. The van der Waals surface area contributed by atoms with Gasteiger partial charge in [-0.25, -0.2) is 0 Å². The van der Waals surface area contributed by atoms with E-state index in [0.29, 0.717) is 0 Å². The van der Waals surface area contributed by atoms with Crippen LogP contribution in [0.4, 0.5) is 0 Å². The maximum Gasteiger partial charge on any atom is 0.310 e. The largest absolute Gasteiger partial charge is 0.481 e. The molecule has 1 heterocycles. The monoisotopic (exact) mass is 142 g/mol. The molecule has 0 radical (unpaired) electrons. The SMILES string of the molecule is O=C(O)C1C2OCC(=O)C21. The standard InChI is InChI=1S/C6H6O4/c7-2-1-10-5-3(2)4(5)6(8)9/h3-5H,1H2,(H,8,9). The molecule has 0 aromatic rings. The lowest BCUT2D eigenvalue weighted by atomic mass is 10.2. The molecule has 3 atom stereocenters. The molecule has 3 unspecified atom stereocenters. The number of hydrogen-bond donors (Lipinski definition) is 1. The molecule has 0 aromatic carbocycles.